The van der Waals surface area contributed by atoms with E-state index in [2.05, 4.69) is 17.3 Å². The number of aliphatic hydroxyl groups is 1. The molecule has 2 unspecified atom stereocenters. The first kappa shape index (κ1) is 11.2. The van der Waals surface area contributed by atoms with E-state index in [1.807, 2.05) is 23.9 Å². The van der Waals surface area contributed by atoms with Gasteiger partial charge in [-0.3, -0.25) is 4.68 Å². The number of rotatable bonds is 6. The van der Waals surface area contributed by atoms with Gasteiger partial charge < -0.3 is 10.4 Å². The second-order valence-electron chi connectivity index (χ2n) is 3.71. The highest BCUT2D eigenvalue weighted by molar-refractivity contribution is 4.77. The van der Waals surface area contributed by atoms with E-state index >= 15 is 0 Å². The first-order valence-electron chi connectivity index (χ1n) is 5.07. The van der Waals surface area contributed by atoms with Crippen molar-refractivity contribution in [3.8, 4) is 0 Å². The third-order valence-corrected chi connectivity index (χ3v) is 2.09. The average molecular weight is 197 g/mol. The maximum atomic E-state index is 9.15. The second-order valence-corrected chi connectivity index (χ2v) is 3.71. The molecule has 0 saturated heterocycles. The van der Waals surface area contributed by atoms with Gasteiger partial charge in [-0.1, -0.05) is 0 Å². The normalized spacial score (nSPS) is 15.4. The van der Waals surface area contributed by atoms with Gasteiger partial charge in [0.25, 0.3) is 0 Å². The molecule has 4 nitrogen and oxygen atoms in total. The van der Waals surface area contributed by atoms with Gasteiger partial charge in [-0.25, -0.2) is 0 Å². The molecule has 0 fully saturated rings. The van der Waals surface area contributed by atoms with Crippen molar-refractivity contribution >= 4 is 0 Å². The maximum Gasteiger partial charge on any atom is 0.0534 e. The Bertz CT molecular complexity index is 234. The predicted molar refractivity (Wildman–Crippen MR) is 56.0 cm³/mol. The Hall–Kier alpha value is -0.870. The summed E-state index contributed by atoms with van der Waals surface area (Å²) in [6.45, 7) is 5.65. The van der Waals surface area contributed by atoms with Gasteiger partial charge in [0.15, 0.2) is 0 Å². The molecular weight excluding hydrogens is 178 g/mol. The molecule has 4 heteroatoms. The molecule has 0 saturated carbocycles. The number of aliphatic hydroxyl groups excluding tert-OH is 1. The topological polar surface area (TPSA) is 50.1 Å². The van der Waals surface area contributed by atoms with Crippen LogP contribution < -0.4 is 5.32 Å². The van der Waals surface area contributed by atoms with Crippen molar-refractivity contribution in [1.29, 1.82) is 0 Å². The van der Waals surface area contributed by atoms with Crippen LogP contribution in [-0.2, 0) is 6.54 Å². The summed E-state index contributed by atoms with van der Waals surface area (Å²) in [6, 6.07) is 2.27. The molecule has 0 amide bonds. The van der Waals surface area contributed by atoms with Gasteiger partial charge in [-0.05, 0) is 26.3 Å². The molecule has 1 aromatic rings. The molecule has 0 radical (unpaired) electrons. The molecule has 0 bridgehead atoms. The number of aromatic nitrogens is 2. The molecule has 1 heterocycles. The van der Waals surface area contributed by atoms with Crippen LogP contribution in [0.25, 0.3) is 0 Å². The van der Waals surface area contributed by atoms with Gasteiger partial charge in [-0.2, -0.15) is 5.10 Å². The fourth-order valence-electron chi connectivity index (χ4n) is 1.45. The van der Waals surface area contributed by atoms with E-state index in [0.717, 1.165) is 19.5 Å². The standard InChI is InChI=1S/C10H19N3O/c1-9(8-10(2)14)11-5-7-13-6-3-4-12-13/h3-4,6,9-11,14H,5,7-8H2,1-2H3. The summed E-state index contributed by atoms with van der Waals surface area (Å²) in [5.74, 6) is 0. The van der Waals surface area contributed by atoms with Crippen molar-refractivity contribution in [2.24, 2.45) is 0 Å². The largest absolute Gasteiger partial charge is 0.393 e. The minimum Gasteiger partial charge on any atom is -0.393 e. The monoisotopic (exact) mass is 197 g/mol. The minimum absolute atomic E-state index is 0.234. The molecule has 0 spiro atoms. The maximum absolute atomic E-state index is 9.15. The molecule has 0 aliphatic heterocycles. The van der Waals surface area contributed by atoms with Gasteiger partial charge in [0, 0.05) is 25.0 Å². The average Bonchev–Trinajstić information content (AvgIpc) is 2.55. The van der Waals surface area contributed by atoms with Crippen molar-refractivity contribution in [2.75, 3.05) is 6.54 Å². The molecule has 80 valence electrons. The predicted octanol–water partition coefficient (Wildman–Crippen LogP) is 0.632. The summed E-state index contributed by atoms with van der Waals surface area (Å²) in [6.07, 6.45) is 4.28. The molecule has 2 N–H and O–H groups in total. The zero-order valence-corrected chi connectivity index (χ0v) is 8.85. The Labute approximate surface area is 84.9 Å². The van der Waals surface area contributed by atoms with E-state index in [-0.39, 0.29) is 6.10 Å². The fourth-order valence-corrected chi connectivity index (χ4v) is 1.45. The Morgan fingerprint density at radius 1 is 1.50 bits per heavy atom. The van der Waals surface area contributed by atoms with E-state index in [0.29, 0.717) is 6.04 Å². The van der Waals surface area contributed by atoms with Gasteiger partial charge in [0.1, 0.15) is 0 Å². The number of hydrogen-bond donors (Lipinski definition) is 2. The van der Waals surface area contributed by atoms with Crippen molar-refractivity contribution in [2.45, 2.75) is 39.0 Å². The van der Waals surface area contributed by atoms with Crippen LogP contribution in [0.4, 0.5) is 0 Å². The zero-order chi connectivity index (χ0) is 10.4. The number of nitrogens with zero attached hydrogens (tertiary/aromatic N) is 2. The molecule has 1 aromatic heterocycles. The Morgan fingerprint density at radius 3 is 2.86 bits per heavy atom. The van der Waals surface area contributed by atoms with Crippen LogP contribution >= 0.6 is 0 Å². The van der Waals surface area contributed by atoms with E-state index < -0.39 is 0 Å². The van der Waals surface area contributed by atoms with Crippen molar-refractivity contribution in [3.63, 3.8) is 0 Å². The lowest BCUT2D eigenvalue weighted by atomic mass is 10.1. The summed E-state index contributed by atoms with van der Waals surface area (Å²) in [7, 11) is 0. The number of nitrogens with one attached hydrogen (secondary N) is 1. The van der Waals surface area contributed by atoms with Crippen LogP contribution in [0.5, 0.6) is 0 Å². The van der Waals surface area contributed by atoms with Gasteiger partial charge in [0.05, 0.1) is 12.6 Å². The molecule has 2 atom stereocenters. The van der Waals surface area contributed by atoms with Crippen molar-refractivity contribution in [1.82, 2.24) is 15.1 Å². The van der Waals surface area contributed by atoms with Crippen LogP contribution in [0, 0.1) is 0 Å². The highest BCUT2D eigenvalue weighted by atomic mass is 16.3. The van der Waals surface area contributed by atoms with Crippen LogP contribution in [0.15, 0.2) is 18.5 Å². The summed E-state index contributed by atoms with van der Waals surface area (Å²) >= 11 is 0. The summed E-state index contributed by atoms with van der Waals surface area (Å²) in [4.78, 5) is 0. The smallest absolute Gasteiger partial charge is 0.0534 e. The van der Waals surface area contributed by atoms with Crippen LogP contribution in [0.2, 0.25) is 0 Å². The zero-order valence-electron chi connectivity index (χ0n) is 8.85. The highest BCUT2D eigenvalue weighted by Crippen LogP contribution is 1.95. The molecule has 0 aliphatic rings. The van der Waals surface area contributed by atoms with Crippen molar-refractivity contribution < 1.29 is 5.11 Å². The summed E-state index contributed by atoms with van der Waals surface area (Å²) in [5.41, 5.74) is 0. The minimum atomic E-state index is -0.234. The Morgan fingerprint density at radius 2 is 2.29 bits per heavy atom. The molecule has 1 rings (SSSR count). The Kier molecular flexibility index (Phi) is 4.62. The summed E-state index contributed by atoms with van der Waals surface area (Å²) in [5, 5.41) is 16.6. The lowest BCUT2D eigenvalue weighted by molar-refractivity contribution is 0.170. The Balaban J connectivity index is 2.09. The number of hydrogen-bond acceptors (Lipinski definition) is 3. The van der Waals surface area contributed by atoms with E-state index in [4.69, 9.17) is 5.11 Å². The summed E-state index contributed by atoms with van der Waals surface area (Å²) < 4.78 is 1.89. The van der Waals surface area contributed by atoms with Crippen molar-refractivity contribution in [3.05, 3.63) is 18.5 Å². The fraction of sp³-hybridized carbons (Fsp3) is 0.700. The lowest BCUT2D eigenvalue weighted by Gasteiger charge is -2.15. The molecule has 0 aliphatic carbocycles. The van der Waals surface area contributed by atoms with Crippen LogP contribution in [0.3, 0.4) is 0 Å². The van der Waals surface area contributed by atoms with E-state index in [9.17, 15) is 0 Å². The van der Waals surface area contributed by atoms with Crippen LogP contribution in [-0.4, -0.2) is 33.6 Å². The van der Waals surface area contributed by atoms with E-state index in [1.54, 1.807) is 6.20 Å². The van der Waals surface area contributed by atoms with E-state index in [1.165, 1.54) is 0 Å². The van der Waals surface area contributed by atoms with Gasteiger partial charge in [0.2, 0.25) is 0 Å². The molecular formula is C10H19N3O. The lowest BCUT2D eigenvalue weighted by Crippen LogP contribution is -2.31. The molecule has 14 heavy (non-hydrogen) atoms. The molecule has 0 aromatic carbocycles. The highest BCUT2D eigenvalue weighted by Gasteiger charge is 2.04. The van der Waals surface area contributed by atoms with Crippen LogP contribution in [0.1, 0.15) is 20.3 Å². The SMILES string of the molecule is CC(O)CC(C)NCCn1cccn1. The third kappa shape index (κ3) is 4.39. The van der Waals surface area contributed by atoms with Gasteiger partial charge in [-0.15, -0.1) is 0 Å². The third-order valence-electron chi connectivity index (χ3n) is 2.09. The first-order valence-corrected chi connectivity index (χ1v) is 5.07. The quantitative estimate of drug-likeness (QED) is 0.703. The first-order chi connectivity index (χ1) is 6.68. The second kappa shape index (κ2) is 5.78. The van der Waals surface area contributed by atoms with Gasteiger partial charge >= 0.3 is 0 Å².